The fourth-order valence-electron chi connectivity index (χ4n) is 2.60. The van der Waals surface area contributed by atoms with Crippen molar-refractivity contribution in [3.63, 3.8) is 0 Å². The number of halogens is 1. The first-order valence-electron chi connectivity index (χ1n) is 6.44. The first-order valence-corrected chi connectivity index (χ1v) is 6.81. The van der Waals surface area contributed by atoms with Gasteiger partial charge in [0.15, 0.2) is 0 Å². The van der Waals surface area contributed by atoms with Crippen LogP contribution >= 0.6 is 11.6 Å². The zero-order chi connectivity index (χ0) is 12.1. The molecule has 1 aromatic carbocycles. The SMILES string of the molecule is NCC1(CCc2cccc(Cl)c2)CCCCN1. The second-order valence-corrected chi connectivity index (χ2v) is 5.43. The predicted molar refractivity (Wildman–Crippen MR) is 73.4 cm³/mol. The largest absolute Gasteiger partial charge is 0.329 e. The monoisotopic (exact) mass is 252 g/mol. The van der Waals surface area contributed by atoms with Crippen LogP contribution in [0.25, 0.3) is 0 Å². The van der Waals surface area contributed by atoms with Crippen molar-refractivity contribution in [1.29, 1.82) is 0 Å². The van der Waals surface area contributed by atoms with E-state index in [9.17, 15) is 0 Å². The average Bonchev–Trinajstić information content (AvgIpc) is 2.38. The number of rotatable bonds is 4. The van der Waals surface area contributed by atoms with Crippen molar-refractivity contribution in [3.05, 3.63) is 34.9 Å². The number of nitrogens with one attached hydrogen (secondary N) is 1. The third-order valence-electron chi connectivity index (χ3n) is 3.75. The lowest BCUT2D eigenvalue weighted by atomic mass is 9.84. The molecule has 0 aliphatic carbocycles. The summed E-state index contributed by atoms with van der Waals surface area (Å²) in [5.74, 6) is 0. The van der Waals surface area contributed by atoms with Gasteiger partial charge in [-0.25, -0.2) is 0 Å². The molecule has 0 amide bonds. The van der Waals surface area contributed by atoms with Crippen LogP contribution in [0.3, 0.4) is 0 Å². The molecule has 2 rings (SSSR count). The highest BCUT2D eigenvalue weighted by atomic mass is 35.5. The first kappa shape index (κ1) is 12.9. The predicted octanol–water partition coefficient (Wildman–Crippen LogP) is 2.74. The van der Waals surface area contributed by atoms with Crippen LogP contribution in [0.4, 0.5) is 0 Å². The summed E-state index contributed by atoms with van der Waals surface area (Å²) in [6, 6.07) is 8.12. The van der Waals surface area contributed by atoms with E-state index in [0.717, 1.165) is 31.0 Å². The summed E-state index contributed by atoms with van der Waals surface area (Å²) in [6.07, 6.45) is 5.91. The Hall–Kier alpha value is -0.570. The lowest BCUT2D eigenvalue weighted by molar-refractivity contribution is 0.245. The Bertz CT molecular complexity index is 359. The summed E-state index contributed by atoms with van der Waals surface area (Å²) in [5.41, 5.74) is 7.40. The van der Waals surface area contributed by atoms with Crippen LogP contribution in [0.2, 0.25) is 5.02 Å². The third-order valence-corrected chi connectivity index (χ3v) is 3.99. The Kier molecular flexibility index (Phi) is 4.43. The molecule has 1 heterocycles. The Labute approximate surface area is 109 Å². The lowest BCUT2D eigenvalue weighted by Crippen LogP contribution is -2.54. The van der Waals surface area contributed by atoms with Crippen molar-refractivity contribution in [2.45, 2.75) is 37.6 Å². The fourth-order valence-corrected chi connectivity index (χ4v) is 2.81. The number of nitrogens with two attached hydrogens (primary N) is 1. The van der Waals surface area contributed by atoms with Gasteiger partial charge >= 0.3 is 0 Å². The standard InChI is InChI=1S/C14H21ClN2/c15-13-5-3-4-12(10-13)6-8-14(11-16)7-1-2-9-17-14/h3-5,10,17H,1-2,6-9,11,16H2. The van der Waals surface area contributed by atoms with Gasteiger partial charge in [0.1, 0.15) is 0 Å². The lowest BCUT2D eigenvalue weighted by Gasteiger charge is -2.37. The van der Waals surface area contributed by atoms with Crippen LogP contribution in [-0.4, -0.2) is 18.6 Å². The van der Waals surface area contributed by atoms with E-state index in [4.69, 9.17) is 17.3 Å². The minimum absolute atomic E-state index is 0.153. The molecule has 1 unspecified atom stereocenters. The first-order chi connectivity index (χ1) is 8.24. The minimum Gasteiger partial charge on any atom is -0.329 e. The molecule has 0 bridgehead atoms. The molecule has 1 aromatic rings. The van der Waals surface area contributed by atoms with Gasteiger partial charge in [0.25, 0.3) is 0 Å². The second-order valence-electron chi connectivity index (χ2n) is 5.00. The molecule has 0 saturated carbocycles. The molecule has 17 heavy (non-hydrogen) atoms. The van der Waals surface area contributed by atoms with Gasteiger partial charge < -0.3 is 11.1 Å². The molecule has 0 radical (unpaired) electrons. The second kappa shape index (κ2) is 5.85. The Balaban J connectivity index is 1.95. The summed E-state index contributed by atoms with van der Waals surface area (Å²) in [5, 5.41) is 4.43. The molecule has 1 atom stereocenters. The van der Waals surface area contributed by atoms with E-state index < -0.39 is 0 Å². The van der Waals surface area contributed by atoms with Crippen LogP contribution in [0, 0.1) is 0 Å². The highest BCUT2D eigenvalue weighted by Crippen LogP contribution is 2.24. The van der Waals surface area contributed by atoms with Crippen molar-refractivity contribution < 1.29 is 0 Å². The van der Waals surface area contributed by atoms with Gasteiger partial charge in [-0.3, -0.25) is 0 Å². The van der Waals surface area contributed by atoms with Gasteiger partial charge in [-0.2, -0.15) is 0 Å². The number of hydrogen-bond acceptors (Lipinski definition) is 2. The van der Waals surface area contributed by atoms with Gasteiger partial charge in [-0.05, 0) is 49.9 Å². The number of benzene rings is 1. The molecular weight excluding hydrogens is 232 g/mol. The van der Waals surface area contributed by atoms with E-state index in [1.807, 2.05) is 12.1 Å². The van der Waals surface area contributed by atoms with Crippen LogP contribution in [0.5, 0.6) is 0 Å². The van der Waals surface area contributed by atoms with Crippen molar-refractivity contribution in [2.24, 2.45) is 5.73 Å². The zero-order valence-electron chi connectivity index (χ0n) is 10.2. The van der Waals surface area contributed by atoms with E-state index in [-0.39, 0.29) is 5.54 Å². The molecule has 1 fully saturated rings. The molecule has 1 saturated heterocycles. The Morgan fingerprint density at radius 3 is 2.88 bits per heavy atom. The van der Waals surface area contributed by atoms with E-state index in [1.54, 1.807) is 0 Å². The fraction of sp³-hybridized carbons (Fsp3) is 0.571. The normalized spacial score (nSPS) is 24.8. The summed E-state index contributed by atoms with van der Waals surface area (Å²) in [7, 11) is 0. The maximum Gasteiger partial charge on any atom is 0.0408 e. The van der Waals surface area contributed by atoms with E-state index in [1.165, 1.54) is 24.8 Å². The highest BCUT2D eigenvalue weighted by Gasteiger charge is 2.29. The Morgan fingerprint density at radius 1 is 1.35 bits per heavy atom. The maximum absolute atomic E-state index is 5.99. The topological polar surface area (TPSA) is 38.0 Å². The summed E-state index contributed by atoms with van der Waals surface area (Å²) >= 11 is 5.99. The van der Waals surface area contributed by atoms with Gasteiger partial charge in [0, 0.05) is 17.1 Å². The number of piperidine rings is 1. The highest BCUT2D eigenvalue weighted by molar-refractivity contribution is 6.30. The molecule has 0 aromatic heterocycles. The number of hydrogen-bond donors (Lipinski definition) is 2. The minimum atomic E-state index is 0.153. The number of aryl methyl sites for hydroxylation is 1. The van der Waals surface area contributed by atoms with Crippen LogP contribution in [-0.2, 0) is 6.42 Å². The van der Waals surface area contributed by atoms with Crippen molar-refractivity contribution >= 4 is 11.6 Å². The molecule has 0 spiro atoms. The maximum atomic E-state index is 5.99. The Morgan fingerprint density at radius 2 is 2.24 bits per heavy atom. The quantitative estimate of drug-likeness (QED) is 0.865. The van der Waals surface area contributed by atoms with E-state index >= 15 is 0 Å². The summed E-state index contributed by atoms with van der Waals surface area (Å²) in [4.78, 5) is 0. The molecule has 94 valence electrons. The molecule has 1 aliphatic rings. The zero-order valence-corrected chi connectivity index (χ0v) is 11.0. The van der Waals surface area contributed by atoms with Crippen LogP contribution in [0.15, 0.2) is 24.3 Å². The van der Waals surface area contributed by atoms with Crippen LogP contribution < -0.4 is 11.1 Å². The van der Waals surface area contributed by atoms with E-state index in [2.05, 4.69) is 17.4 Å². The van der Waals surface area contributed by atoms with Gasteiger partial charge in [-0.15, -0.1) is 0 Å². The third kappa shape index (κ3) is 3.44. The molecule has 3 N–H and O–H groups in total. The summed E-state index contributed by atoms with van der Waals surface area (Å²) < 4.78 is 0. The molecule has 2 nitrogen and oxygen atoms in total. The molecular formula is C14H21ClN2. The van der Waals surface area contributed by atoms with Crippen molar-refractivity contribution in [3.8, 4) is 0 Å². The summed E-state index contributed by atoms with van der Waals surface area (Å²) in [6.45, 7) is 1.83. The average molecular weight is 253 g/mol. The van der Waals surface area contributed by atoms with Crippen molar-refractivity contribution in [2.75, 3.05) is 13.1 Å². The van der Waals surface area contributed by atoms with Crippen LogP contribution in [0.1, 0.15) is 31.2 Å². The molecule has 1 aliphatic heterocycles. The van der Waals surface area contributed by atoms with Gasteiger partial charge in [-0.1, -0.05) is 30.2 Å². The smallest absolute Gasteiger partial charge is 0.0408 e. The van der Waals surface area contributed by atoms with Crippen molar-refractivity contribution in [1.82, 2.24) is 5.32 Å². The van der Waals surface area contributed by atoms with E-state index in [0.29, 0.717) is 0 Å². The van der Waals surface area contributed by atoms with Gasteiger partial charge in [0.2, 0.25) is 0 Å². The molecule has 3 heteroatoms. The van der Waals surface area contributed by atoms with Gasteiger partial charge in [0.05, 0.1) is 0 Å².